The predicted molar refractivity (Wildman–Crippen MR) is 109 cm³/mol. The molecule has 0 bridgehead atoms. The van der Waals surface area contributed by atoms with Crippen molar-refractivity contribution in [3.05, 3.63) is 35.7 Å². The lowest BCUT2D eigenvalue weighted by Gasteiger charge is -2.34. The van der Waals surface area contributed by atoms with Crippen LogP contribution >= 0.6 is 0 Å². The average molecular weight is 435 g/mol. The Morgan fingerprint density at radius 1 is 1.00 bits per heavy atom. The molecule has 10 heteroatoms. The Morgan fingerprint density at radius 2 is 1.73 bits per heavy atom. The fourth-order valence-electron chi connectivity index (χ4n) is 4.03. The largest absolute Gasteiger partial charge is 0.493 e. The second-order valence-corrected chi connectivity index (χ2v) is 9.34. The van der Waals surface area contributed by atoms with E-state index in [0.717, 1.165) is 31.5 Å². The Morgan fingerprint density at radius 3 is 2.43 bits per heavy atom. The standard InChI is InChI=1S/C20H26N4O5S/c1-28-18-7-6-15(13-19(18)29-2)30(26,27)23-11-9-22(10-12-23)20(25)16-14-21-24-8-4-3-5-17(16)24/h6-7,13-14H,3-5,8-12H2,1-2H3. The molecule has 1 amide bonds. The second-order valence-electron chi connectivity index (χ2n) is 7.40. The van der Waals surface area contributed by atoms with Crippen molar-refractivity contribution in [3.63, 3.8) is 0 Å². The van der Waals surface area contributed by atoms with Gasteiger partial charge in [0.15, 0.2) is 11.5 Å². The molecule has 0 spiro atoms. The van der Waals surface area contributed by atoms with Crippen LogP contribution in [0.4, 0.5) is 0 Å². The molecule has 4 rings (SSSR count). The van der Waals surface area contributed by atoms with Crippen LogP contribution in [0.25, 0.3) is 0 Å². The van der Waals surface area contributed by atoms with E-state index in [4.69, 9.17) is 9.47 Å². The van der Waals surface area contributed by atoms with Gasteiger partial charge in [-0.3, -0.25) is 9.48 Å². The first kappa shape index (κ1) is 20.7. The smallest absolute Gasteiger partial charge is 0.257 e. The molecule has 0 unspecified atom stereocenters. The van der Waals surface area contributed by atoms with E-state index in [9.17, 15) is 13.2 Å². The molecule has 0 aliphatic carbocycles. The van der Waals surface area contributed by atoms with Crippen molar-refractivity contribution in [2.24, 2.45) is 0 Å². The number of piperazine rings is 1. The van der Waals surface area contributed by atoms with Crippen LogP contribution in [0, 0.1) is 0 Å². The van der Waals surface area contributed by atoms with Crippen molar-refractivity contribution >= 4 is 15.9 Å². The average Bonchev–Trinajstić information content (AvgIpc) is 3.22. The summed E-state index contributed by atoms with van der Waals surface area (Å²) in [6.07, 6.45) is 4.64. The van der Waals surface area contributed by atoms with Crippen molar-refractivity contribution in [2.75, 3.05) is 40.4 Å². The van der Waals surface area contributed by atoms with Crippen molar-refractivity contribution in [3.8, 4) is 11.5 Å². The van der Waals surface area contributed by atoms with Gasteiger partial charge in [0.2, 0.25) is 10.0 Å². The number of ether oxygens (including phenoxy) is 2. The van der Waals surface area contributed by atoms with Gasteiger partial charge in [0.05, 0.1) is 36.6 Å². The summed E-state index contributed by atoms with van der Waals surface area (Å²) < 4.78 is 39.9. The van der Waals surface area contributed by atoms with E-state index in [2.05, 4.69) is 5.10 Å². The van der Waals surface area contributed by atoms with Gasteiger partial charge in [-0.1, -0.05) is 0 Å². The van der Waals surface area contributed by atoms with Crippen LogP contribution in [0.15, 0.2) is 29.3 Å². The van der Waals surface area contributed by atoms with Crippen LogP contribution in [0.2, 0.25) is 0 Å². The van der Waals surface area contributed by atoms with E-state index < -0.39 is 10.0 Å². The molecule has 0 radical (unpaired) electrons. The van der Waals surface area contributed by atoms with Gasteiger partial charge in [0.25, 0.3) is 5.91 Å². The van der Waals surface area contributed by atoms with E-state index in [1.165, 1.54) is 30.7 Å². The number of methoxy groups -OCH3 is 2. The lowest BCUT2D eigenvalue weighted by Crippen LogP contribution is -2.50. The molecule has 1 fully saturated rings. The number of hydrogen-bond donors (Lipinski definition) is 0. The molecule has 2 aliphatic heterocycles. The minimum absolute atomic E-state index is 0.0682. The number of fused-ring (bicyclic) bond motifs is 1. The van der Waals surface area contributed by atoms with Gasteiger partial charge in [-0.05, 0) is 31.4 Å². The summed E-state index contributed by atoms with van der Waals surface area (Å²) in [7, 11) is -0.727. The van der Waals surface area contributed by atoms with Crippen LogP contribution in [-0.2, 0) is 23.0 Å². The third kappa shape index (κ3) is 3.65. The van der Waals surface area contributed by atoms with Crippen LogP contribution in [0.5, 0.6) is 11.5 Å². The number of nitrogens with zero attached hydrogens (tertiary/aromatic N) is 4. The van der Waals surface area contributed by atoms with Gasteiger partial charge in [0.1, 0.15) is 0 Å². The summed E-state index contributed by atoms with van der Waals surface area (Å²) in [4.78, 5) is 14.8. The van der Waals surface area contributed by atoms with Crippen LogP contribution in [-0.4, -0.2) is 73.7 Å². The number of aromatic nitrogens is 2. The highest BCUT2D eigenvalue weighted by molar-refractivity contribution is 7.89. The SMILES string of the molecule is COc1ccc(S(=O)(=O)N2CCN(C(=O)c3cnn4c3CCCC4)CC2)cc1OC. The highest BCUT2D eigenvalue weighted by atomic mass is 32.2. The fraction of sp³-hybridized carbons (Fsp3) is 0.500. The molecule has 2 aromatic rings. The normalized spacial score (nSPS) is 17.5. The molecule has 0 N–H and O–H groups in total. The highest BCUT2D eigenvalue weighted by Crippen LogP contribution is 2.31. The molecule has 30 heavy (non-hydrogen) atoms. The van der Waals surface area contributed by atoms with E-state index >= 15 is 0 Å². The molecule has 162 valence electrons. The van der Waals surface area contributed by atoms with Crippen molar-refractivity contribution in [1.82, 2.24) is 19.0 Å². The Bertz CT molecular complexity index is 1040. The molecule has 1 saturated heterocycles. The Hall–Kier alpha value is -2.59. The second kappa shape index (κ2) is 8.27. The number of aryl methyl sites for hydroxylation is 1. The minimum Gasteiger partial charge on any atom is -0.493 e. The third-order valence-electron chi connectivity index (χ3n) is 5.73. The van der Waals surface area contributed by atoms with E-state index in [1.54, 1.807) is 17.2 Å². The van der Waals surface area contributed by atoms with Gasteiger partial charge in [0, 0.05) is 38.8 Å². The Labute approximate surface area is 176 Å². The van der Waals surface area contributed by atoms with Crippen LogP contribution < -0.4 is 9.47 Å². The first-order valence-corrected chi connectivity index (χ1v) is 11.5. The Balaban J connectivity index is 1.46. The number of carbonyl (C=O) groups excluding carboxylic acids is 1. The highest BCUT2D eigenvalue weighted by Gasteiger charge is 2.32. The summed E-state index contributed by atoms with van der Waals surface area (Å²) in [6.45, 7) is 2.02. The summed E-state index contributed by atoms with van der Waals surface area (Å²) in [5.41, 5.74) is 1.64. The summed E-state index contributed by atoms with van der Waals surface area (Å²) >= 11 is 0. The van der Waals surface area contributed by atoms with Gasteiger partial charge >= 0.3 is 0 Å². The van der Waals surface area contributed by atoms with Crippen LogP contribution in [0.1, 0.15) is 28.9 Å². The Kier molecular flexibility index (Phi) is 5.70. The molecule has 0 saturated carbocycles. The summed E-state index contributed by atoms with van der Waals surface area (Å²) in [5.74, 6) is 0.760. The maximum absolute atomic E-state index is 13.1. The molecule has 2 aliphatic rings. The van der Waals surface area contributed by atoms with Gasteiger partial charge < -0.3 is 14.4 Å². The lowest BCUT2D eigenvalue weighted by atomic mass is 10.1. The van der Waals surface area contributed by atoms with Crippen molar-refractivity contribution in [1.29, 1.82) is 0 Å². The van der Waals surface area contributed by atoms with Crippen LogP contribution in [0.3, 0.4) is 0 Å². The molecule has 1 aromatic carbocycles. The number of carbonyl (C=O) groups is 1. The number of sulfonamides is 1. The number of rotatable bonds is 5. The van der Waals surface area contributed by atoms with E-state index in [0.29, 0.717) is 30.2 Å². The molecule has 9 nitrogen and oxygen atoms in total. The summed E-state index contributed by atoms with van der Waals surface area (Å²) in [5, 5.41) is 4.34. The maximum atomic E-state index is 13.1. The molecule has 3 heterocycles. The summed E-state index contributed by atoms with van der Waals surface area (Å²) in [6, 6.07) is 4.55. The lowest BCUT2D eigenvalue weighted by molar-refractivity contribution is 0.0696. The van der Waals surface area contributed by atoms with Gasteiger partial charge in [-0.15, -0.1) is 0 Å². The van der Waals surface area contributed by atoms with Crippen molar-refractivity contribution < 1.29 is 22.7 Å². The fourth-order valence-corrected chi connectivity index (χ4v) is 5.47. The van der Waals surface area contributed by atoms with E-state index in [1.807, 2.05) is 4.68 Å². The van der Waals surface area contributed by atoms with Crippen molar-refractivity contribution in [2.45, 2.75) is 30.7 Å². The zero-order chi connectivity index (χ0) is 21.3. The predicted octanol–water partition coefficient (Wildman–Crippen LogP) is 1.38. The van der Waals surface area contributed by atoms with Gasteiger partial charge in [-0.25, -0.2) is 8.42 Å². The molecule has 0 atom stereocenters. The molecular formula is C20H26N4O5S. The number of hydrogen-bond acceptors (Lipinski definition) is 6. The first-order chi connectivity index (χ1) is 14.5. The maximum Gasteiger partial charge on any atom is 0.257 e. The molecule has 1 aromatic heterocycles. The number of amides is 1. The zero-order valence-electron chi connectivity index (χ0n) is 17.2. The minimum atomic E-state index is -3.69. The monoisotopic (exact) mass is 434 g/mol. The number of benzene rings is 1. The quantitative estimate of drug-likeness (QED) is 0.706. The third-order valence-corrected chi connectivity index (χ3v) is 7.63. The molecular weight excluding hydrogens is 408 g/mol. The first-order valence-electron chi connectivity index (χ1n) is 10.0. The van der Waals surface area contributed by atoms with E-state index in [-0.39, 0.29) is 23.9 Å². The zero-order valence-corrected chi connectivity index (χ0v) is 18.0. The van der Waals surface area contributed by atoms with Gasteiger partial charge in [-0.2, -0.15) is 9.40 Å². The topological polar surface area (TPSA) is 94.0 Å².